The molecule has 0 bridgehead atoms. The molecule has 26 heavy (non-hydrogen) atoms. The Balaban J connectivity index is 1.93. The average Bonchev–Trinajstić information content (AvgIpc) is 2.98. The number of para-hydroxylation sites is 2. The van der Waals surface area contributed by atoms with Crippen molar-refractivity contribution in [2.75, 3.05) is 16.0 Å². The second kappa shape index (κ2) is 6.39. The molecule has 11 nitrogen and oxygen atoms in total. The lowest BCUT2D eigenvalue weighted by Gasteiger charge is -2.07. The fourth-order valence-electron chi connectivity index (χ4n) is 2.33. The van der Waals surface area contributed by atoms with Crippen molar-refractivity contribution in [3.8, 4) is 5.75 Å². The number of non-ortho nitro benzene ring substituents is 1. The number of anilines is 3. The van der Waals surface area contributed by atoms with Crippen molar-refractivity contribution in [3.63, 3.8) is 0 Å². The van der Waals surface area contributed by atoms with E-state index in [0.717, 1.165) is 0 Å². The quantitative estimate of drug-likeness (QED) is 0.280. The van der Waals surface area contributed by atoms with Crippen molar-refractivity contribution in [3.05, 3.63) is 74.2 Å². The molecule has 0 radical (unpaired) electrons. The molecule has 0 aliphatic carbocycles. The lowest BCUT2D eigenvalue weighted by Crippen LogP contribution is -2.24. The zero-order chi connectivity index (χ0) is 18.8. The van der Waals surface area contributed by atoms with Gasteiger partial charge < -0.3 is 21.1 Å². The van der Waals surface area contributed by atoms with Gasteiger partial charge in [0.15, 0.2) is 5.82 Å². The third kappa shape index (κ3) is 3.08. The van der Waals surface area contributed by atoms with Crippen molar-refractivity contribution in [2.45, 2.75) is 0 Å². The summed E-state index contributed by atoms with van der Waals surface area (Å²) >= 11 is 0. The number of nitro groups is 2. The van der Waals surface area contributed by atoms with E-state index in [1.807, 2.05) is 0 Å². The SMILES string of the molecule is O=C(Nc1ccccc1O)/C(=C1\Nc2ccc([N+](=O)[O-])cc2N1)[N+](=O)[O-]. The van der Waals surface area contributed by atoms with Gasteiger partial charge in [-0.1, -0.05) is 12.1 Å². The topological polar surface area (TPSA) is 160 Å². The summed E-state index contributed by atoms with van der Waals surface area (Å²) in [5.41, 5.74) is -0.472. The Bertz CT molecular complexity index is 971. The first-order valence-corrected chi connectivity index (χ1v) is 7.17. The van der Waals surface area contributed by atoms with Crippen LogP contribution in [0.15, 0.2) is 54.0 Å². The molecule has 2 aromatic rings. The minimum atomic E-state index is -1.08. The maximum absolute atomic E-state index is 12.3. The maximum Gasteiger partial charge on any atom is 0.373 e. The highest BCUT2D eigenvalue weighted by atomic mass is 16.6. The van der Waals surface area contributed by atoms with Crippen LogP contribution in [0.4, 0.5) is 22.7 Å². The number of carbonyl (C=O) groups excluding carboxylic acids is 1. The van der Waals surface area contributed by atoms with E-state index in [1.165, 1.54) is 42.5 Å². The van der Waals surface area contributed by atoms with E-state index in [-0.39, 0.29) is 28.6 Å². The largest absolute Gasteiger partial charge is 0.506 e. The Kier molecular flexibility index (Phi) is 4.11. The van der Waals surface area contributed by atoms with Crippen molar-refractivity contribution in [2.24, 2.45) is 0 Å². The number of carbonyl (C=O) groups is 1. The van der Waals surface area contributed by atoms with Gasteiger partial charge in [-0.25, -0.2) is 0 Å². The van der Waals surface area contributed by atoms with E-state index < -0.39 is 21.5 Å². The second-order valence-electron chi connectivity index (χ2n) is 5.19. The highest BCUT2D eigenvalue weighted by molar-refractivity contribution is 6.04. The molecule has 0 unspecified atom stereocenters. The number of nitrogens with one attached hydrogen (secondary N) is 3. The van der Waals surface area contributed by atoms with Crippen molar-refractivity contribution in [1.29, 1.82) is 0 Å². The monoisotopic (exact) mass is 357 g/mol. The van der Waals surface area contributed by atoms with E-state index >= 15 is 0 Å². The summed E-state index contributed by atoms with van der Waals surface area (Å²) < 4.78 is 0. The minimum absolute atomic E-state index is 0.00333. The molecule has 3 rings (SSSR count). The van der Waals surface area contributed by atoms with Gasteiger partial charge in [0, 0.05) is 12.1 Å². The lowest BCUT2D eigenvalue weighted by atomic mass is 10.2. The summed E-state index contributed by atoms with van der Waals surface area (Å²) in [6.45, 7) is 0. The smallest absolute Gasteiger partial charge is 0.373 e. The van der Waals surface area contributed by atoms with E-state index in [0.29, 0.717) is 5.69 Å². The number of phenols is 1. The molecule has 11 heteroatoms. The summed E-state index contributed by atoms with van der Waals surface area (Å²) in [5, 5.41) is 39.3. The van der Waals surface area contributed by atoms with Crippen LogP contribution in [0.25, 0.3) is 0 Å². The van der Waals surface area contributed by atoms with Crippen LogP contribution in [0.3, 0.4) is 0 Å². The molecule has 0 aromatic heterocycles. The molecule has 0 saturated carbocycles. The number of amides is 1. The Morgan fingerprint density at radius 3 is 2.38 bits per heavy atom. The number of aromatic hydroxyl groups is 1. The number of rotatable bonds is 4. The molecular formula is C15H11N5O6. The Labute approximate surface area is 145 Å². The fourth-order valence-corrected chi connectivity index (χ4v) is 2.33. The number of benzene rings is 2. The van der Waals surface area contributed by atoms with Crippen LogP contribution in [-0.2, 0) is 4.79 Å². The molecular weight excluding hydrogens is 346 g/mol. The number of hydrogen-bond acceptors (Lipinski definition) is 8. The maximum atomic E-state index is 12.3. The van der Waals surface area contributed by atoms with E-state index in [1.54, 1.807) is 0 Å². The highest BCUT2D eigenvalue weighted by Gasteiger charge is 2.32. The van der Waals surface area contributed by atoms with Crippen LogP contribution >= 0.6 is 0 Å². The van der Waals surface area contributed by atoms with Crippen molar-refractivity contribution < 1.29 is 19.7 Å². The van der Waals surface area contributed by atoms with Gasteiger partial charge in [-0.3, -0.25) is 25.0 Å². The highest BCUT2D eigenvalue weighted by Crippen LogP contribution is 2.35. The Morgan fingerprint density at radius 2 is 1.73 bits per heavy atom. The Morgan fingerprint density at radius 1 is 1.04 bits per heavy atom. The number of hydrogen-bond donors (Lipinski definition) is 4. The van der Waals surface area contributed by atoms with Gasteiger partial charge in [-0.2, -0.15) is 0 Å². The number of fused-ring (bicyclic) bond motifs is 1. The molecule has 0 saturated heterocycles. The second-order valence-corrected chi connectivity index (χ2v) is 5.19. The van der Waals surface area contributed by atoms with Gasteiger partial charge in [0.25, 0.3) is 5.69 Å². The fraction of sp³-hybridized carbons (Fsp3) is 0. The van der Waals surface area contributed by atoms with Crippen LogP contribution in [0.5, 0.6) is 5.75 Å². The lowest BCUT2D eigenvalue weighted by molar-refractivity contribution is -0.419. The molecule has 0 spiro atoms. The first kappa shape index (κ1) is 16.7. The average molecular weight is 357 g/mol. The third-order valence-corrected chi connectivity index (χ3v) is 3.52. The normalized spacial score (nSPS) is 13.8. The van der Waals surface area contributed by atoms with Gasteiger partial charge >= 0.3 is 11.6 Å². The van der Waals surface area contributed by atoms with Crippen molar-refractivity contribution in [1.82, 2.24) is 0 Å². The molecule has 1 amide bonds. The zero-order valence-electron chi connectivity index (χ0n) is 12.9. The number of phenolic OH excluding ortho intramolecular Hbond substituents is 1. The minimum Gasteiger partial charge on any atom is -0.506 e. The van der Waals surface area contributed by atoms with Gasteiger partial charge in [0.1, 0.15) is 5.75 Å². The van der Waals surface area contributed by atoms with Gasteiger partial charge in [0.05, 0.1) is 26.9 Å². The summed E-state index contributed by atoms with van der Waals surface area (Å²) in [5.74, 6) is -1.56. The van der Waals surface area contributed by atoms with E-state index in [4.69, 9.17) is 0 Å². The van der Waals surface area contributed by atoms with Gasteiger partial charge in [-0.15, -0.1) is 0 Å². The molecule has 0 fully saturated rings. The molecule has 1 aliphatic rings. The zero-order valence-corrected chi connectivity index (χ0v) is 12.9. The standard InChI is InChI=1S/C15H11N5O6/c21-12-4-2-1-3-10(12)18-15(22)13(20(25)26)14-16-9-6-5-8(19(23)24)7-11(9)17-14/h1-7,16-17,21H,(H,18,22)/b14-13-. The predicted octanol–water partition coefficient (Wildman–Crippen LogP) is 2.22. The molecule has 1 aliphatic heterocycles. The summed E-state index contributed by atoms with van der Waals surface area (Å²) in [6, 6.07) is 9.54. The summed E-state index contributed by atoms with van der Waals surface area (Å²) in [7, 11) is 0. The van der Waals surface area contributed by atoms with Gasteiger partial charge in [0.2, 0.25) is 0 Å². The molecule has 4 N–H and O–H groups in total. The molecule has 0 atom stereocenters. The third-order valence-electron chi connectivity index (χ3n) is 3.52. The summed E-state index contributed by atoms with van der Waals surface area (Å²) in [4.78, 5) is 33.0. The first-order valence-electron chi connectivity index (χ1n) is 7.17. The van der Waals surface area contributed by atoms with Crippen LogP contribution in [0.2, 0.25) is 0 Å². The number of nitrogens with zero attached hydrogens (tertiary/aromatic N) is 2. The molecule has 1 heterocycles. The van der Waals surface area contributed by atoms with Gasteiger partial charge in [-0.05, 0) is 18.2 Å². The van der Waals surface area contributed by atoms with Crippen LogP contribution in [0, 0.1) is 20.2 Å². The van der Waals surface area contributed by atoms with Crippen LogP contribution < -0.4 is 16.0 Å². The summed E-state index contributed by atoms with van der Waals surface area (Å²) in [6.07, 6.45) is 0. The first-order chi connectivity index (χ1) is 12.4. The van der Waals surface area contributed by atoms with E-state index in [9.17, 15) is 30.1 Å². The van der Waals surface area contributed by atoms with E-state index in [2.05, 4.69) is 16.0 Å². The van der Waals surface area contributed by atoms with Crippen LogP contribution in [0.1, 0.15) is 0 Å². The number of nitro benzene ring substituents is 1. The Hall–Kier alpha value is -4.15. The van der Waals surface area contributed by atoms with Crippen LogP contribution in [-0.4, -0.2) is 20.9 Å². The van der Waals surface area contributed by atoms with Crippen molar-refractivity contribution >= 4 is 28.7 Å². The molecule has 2 aromatic carbocycles. The predicted molar refractivity (Wildman–Crippen MR) is 91.1 cm³/mol. The molecule has 132 valence electrons.